The number of hydrogen-bond acceptors (Lipinski definition) is 6. The van der Waals surface area contributed by atoms with Gasteiger partial charge in [-0.1, -0.05) is 0 Å². The van der Waals surface area contributed by atoms with Crippen molar-refractivity contribution in [3.8, 4) is 45.8 Å². The predicted octanol–water partition coefficient (Wildman–Crippen LogP) is 5.33. The van der Waals surface area contributed by atoms with E-state index in [4.69, 9.17) is 28.4 Å². The second kappa shape index (κ2) is 10.1. The Morgan fingerprint density at radius 1 is 0.811 bits per heavy atom. The maximum absolute atomic E-state index is 6.30. The summed E-state index contributed by atoms with van der Waals surface area (Å²) in [5.74, 6) is 4.82. The summed E-state index contributed by atoms with van der Waals surface area (Å²) in [5.41, 5.74) is 3.64. The average Bonchev–Trinajstić information content (AvgIpc) is 3.40. The van der Waals surface area contributed by atoms with Crippen LogP contribution in [0.25, 0.3) is 22.0 Å². The van der Waals surface area contributed by atoms with Gasteiger partial charge in [0.25, 0.3) is 0 Å². The number of unbranched alkanes of at least 4 members (excludes halogenated alkanes) is 1. The summed E-state index contributed by atoms with van der Waals surface area (Å²) in [5, 5.41) is 2.15. The van der Waals surface area contributed by atoms with E-state index in [9.17, 15) is 0 Å². The van der Waals surface area contributed by atoms with Gasteiger partial charge in [0.1, 0.15) is 11.5 Å². The largest absolute Gasteiger partial charge is 0.497 e. The fraction of sp³-hybridized carbons (Fsp3) is 0.300. The average molecular weight is 501 g/mol. The Bertz CT molecular complexity index is 1430. The zero-order valence-electron chi connectivity index (χ0n) is 21.1. The van der Waals surface area contributed by atoms with Gasteiger partial charge in [0, 0.05) is 12.5 Å². The molecule has 0 fully saturated rings. The first-order valence-corrected chi connectivity index (χ1v) is 12.6. The number of ether oxygens (including phenoxy) is 6. The van der Waals surface area contributed by atoms with Gasteiger partial charge in [-0.3, -0.25) is 0 Å². The minimum atomic E-state index is 0.282. The van der Waals surface area contributed by atoms with E-state index in [1.807, 2.05) is 30.3 Å². The Morgan fingerprint density at radius 2 is 1.57 bits per heavy atom. The predicted molar refractivity (Wildman–Crippen MR) is 139 cm³/mol. The lowest BCUT2D eigenvalue weighted by Crippen LogP contribution is -2.40. The Hall–Kier alpha value is -4.13. The Kier molecular flexibility index (Phi) is 6.35. The van der Waals surface area contributed by atoms with Gasteiger partial charge in [0.05, 0.1) is 38.4 Å². The number of benzene rings is 3. The molecule has 7 nitrogen and oxygen atoms in total. The maximum Gasteiger partial charge on any atom is 0.231 e. The molecule has 1 aromatic heterocycles. The Labute approximate surface area is 216 Å². The lowest BCUT2D eigenvalue weighted by atomic mass is 9.95. The van der Waals surface area contributed by atoms with Crippen LogP contribution in [-0.2, 0) is 13.0 Å². The van der Waals surface area contributed by atoms with Crippen molar-refractivity contribution >= 4 is 10.8 Å². The molecule has 0 saturated carbocycles. The number of hydrogen-bond donors (Lipinski definition) is 0. The highest BCUT2D eigenvalue weighted by atomic mass is 16.7. The molecule has 2 aliphatic rings. The third-order valence-corrected chi connectivity index (χ3v) is 6.91. The number of pyridine rings is 1. The highest BCUT2D eigenvalue weighted by Gasteiger charge is 2.28. The van der Waals surface area contributed by atoms with E-state index in [0.717, 1.165) is 71.1 Å². The van der Waals surface area contributed by atoms with Crippen LogP contribution < -0.4 is 33.0 Å². The molecule has 0 aliphatic carbocycles. The molecule has 0 radical (unpaired) electrons. The number of rotatable bonds is 9. The van der Waals surface area contributed by atoms with Crippen LogP contribution in [0.4, 0.5) is 0 Å². The monoisotopic (exact) mass is 500 g/mol. The molecule has 3 aromatic carbocycles. The summed E-state index contributed by atoms with van der Waals surface area (Å²) < 4.78 is 36.5. The SMILES string of the molecule is COc1ccc(OCCCCOc2c(OC)ccc3cc4[n+](cc23)CCc2cc3c(cc2-4)OCO3)cc1. The first-order valence-electron chi connectivity index (χ1n) is 12.6. The van der Waals surface area contributed by atoms with E-state index in [1.54, 1.807) is 14.2 Å². The van der Waals surface area contributed by atoms with Gasteiger partial charge in [-0.2, -0.15) is 4.57 Å². The number of aromatic nitrogens is 1. The Balaban J connectivity index is 1.17. The Morgan fingerprint density at radius 3 is 2.35 bits per heavy atom. The molecular formula is C30H30NO6+. The summed E-state index contributed by atoms with van der Waals surface area (Å²) in [6, 6.07) is 18.1. The van der Waals surface area contributed by atoms with Crippen LogP contribution in [0, 0.1) is 0 Å². The summed E-state index contributed by atoms with van der Waals surface area (Å²) in [6.07, 6.45) is 4.87. The standard InChI is InChI=1S/C30H30NO6/c1-32-22-6-8-23(9-7-22)34-13-3-4-14-35-30-25-18-31-12-11-21-16-28-29(37-19-36-28)17-24(21)26(31)15-20(25)5-10-27(30)33-2/h5-10,15-18H,3-4,11-14,19H2,1-2H3/q+1. The third-order valence-electron chi connectivity index (χ3n) is 6.91. The van der Waals surface area contributed by atoms with E-state index in [2.05, 4.69) is 35.0 Å². The molecule has 0 saturated heterocycles. The van der Waals surface area contributed by atoms with Crippen LogP contribution >= 0.6 is 0 Å². The lowest BCUT2D eigenvalue weighted by molar-refractivity contribution is -0.686. The molecule has 6 rings (SSSR count). The maximum atomic E-state index is 6.30. The van der Waals surface area contributed by atoms with Crippen molar-refractivity contribution in [1.29, 1.82) is 0 Å². The normalized spacial score (nSPS) is 13.1. The summed E-state index contributed by atoms with van der Waals surface area (Å²) in [6.45, 7) is 2.38. The van der Waals surface area contributed by atoms with Crippen LogP contribution in [0.5, 0.6) is 34.5 Å². The van der Waals surface area contributed by atoms with Crippen molar-refractivity contribution in [3.05, 3.63) is 66.4 Å². The van der Waals surface area contributed by atoms with Crippen molar-refractivity contribution in [2.45, 2.75) is 25.8 Å². The van der Waals surface area contributed by atoms with Crippen LogP contribution in [0.1, 0.15) is 18.4 Å². The number of methoxy groups -OCH3 is 2. The molecule has 0 atom stereocenters. The fourth-order valence-electron chi connectivity index (χ4n) is 4.95. The van der Waals surface area contributed by atoms with Crippen LogP contribution in [-0.4, -0.2) is 34.2 Å². The second-order valence-electron chi connectivity index (χ2n) is 9.14. The molecule has 7 heteroatoms. The van der Waals surface area contributed by atoms with E-state index >= 15 is 0 Å². The van der Waals surface area contributed by atoms with Gasteiger partial charge < -0.3 is 28.4 Å². The van der Waals surface area contributed by atoms with Gasteiger partial charge in [-0.15, -0.1) is 0 Å². The van der Waals surface area contributed by atoms with Gasteiger partial charge >= 0.3 is 0 Å². The van der Waals surface area contributed by atoms with Gasteiger partial charge in [0.15, 0.2) is 35.7 Å². The summed E-state index contributed by atoms with van der Waals surface area (Å²) in [4.78, 5) is 0. The van der Waals surface area contributed by atoms with E-state index < -0.39 is 0 Å². The summed E-state index contributed by atoms with van der Waals surface area (Å²) >= 11 is 0. The molecule has 4 aromatic rings. The number of fused-ring (bicyclic) bond motifs is 5. The minimum absolute atomic E-state index is 0.282. The number of aryl methyl sites for hydroxylation is 2. The molecule has 0 bridgehead atoms. The van der Waals surface area contributed by atoms with E-state index in [0.29, 0.717) is 13.2 Å². The summed E-state index contributed by atoms with van der Waals surface area (Å²) in [7, 11) is 3.34. The first-order chi connectivity index (χ1) is 18.2. The molecule has 0 spiro atoms. The smallest absolute Gasteiger partial charge is 0.231 e. The van der Waals surface area contributed by atoms with Crippen molar-refractivity contribution in [1.82, 2.24) is 0 Å². The molecular weight excluding hydrogens is 470 g/mol. The molecule has 37 heavy (non-hydrogen) atoms. The van der Waals surface area contributed by atoms with Crippen LogP contribution in [0.15, 0.2) is 60.8 Å². The molecule has 0 amide bonds. The molecule has 0 unspecified atom stereocenters. The molecule has 2 aliphatic heterocycles. The molecule has 0 N–H and O–H groups in total. The first kappa shape index (κ1) is 23.3. The topological polar surface area (TPSA) is 59.3 Å². The van der Waals surface area contributed by atoms with Crippen molar-refractivity contribution in [2.75, 3.05) is 34.2 Å². The van der Waals surface area contributed by atoms with Gasteiger partial charge in [-0.25, -0.2) is 0 Å². The van der Waals surface area contributed by atoms with E-state index in [1.165, 1.54) is 16.8 Å². The highest BCUT2D eigenvalue weighted by molar-refractivity contribution is 5.91. The minimum Gasteiger partial charge on any atom is -0.497 e. The van der Waals surface area contributed by atoms with Gasteiger partial charge in [0.2, 0.25) is 12.5 Å². The zero-order valence-corrected chi connectivity index (χ0v) is 21.1. The van der Waals surface area contributed by atoms with Gasteiger partial charge in [-0.05, 0) is 72.3 Å². The van der Waals surface area contributed by atoms with Crippen molar-refractivity contribution in [3.63, 3.8) is 0 Å². The zero-order chi connectivity index (χ0) is 25.2. The highest BCUT2D eigenvalue weighted by Crippen LogP contribution is 2.41. The second-order valence-corrected chi connectivity index (χ2v) is 9.14. The van der Waals surface area contributed by atoms with Crippen molar-refractivity contribution < 1.29 is 33.0 Å². The number of nitrogens with zero attached hydrogens (tertiary/aromatic N) is 1. The van der Waals surface area contributed by atoms with Crippen molar-refractivity contribution in [2.24, 2.45) is 0 Å². The van der Waals surface area contributed by atoms with Crippen LogP contribution in [0.2, 0.25) is 0 Å². The van der Waals surface area contributed by atoms with Crippen LogP contribution in [0.3, 0.4) is 0 Å². The van der Waals surface area contributed by atoms with E-state index in [-0.39, 0.29) is 6.79 Å². The third kappa shape index (κ3) is 4.57. The quantitative estimate of drug-likeness (QED) is 0.229. The fourth-order valence-corrected chi connectivity index (χ4v) is 4.95. The molecule has 190 valence electrons. The molecule has 3 heterocycles. The lowest BCUT2D eigenvalue weighted by Gasteiger charge is -2.18.